The molecule has 10 heteroatoms. The van der Waals surface area contributed by atoms with Crippen molar-refractivity contribution in [3.63, 3.8) is 0 Å². The minimum Gasteiger partial charge on any atom is -0.496 e. The van der Waals surface area contributed by atoms with Gasteiger partial charge in [-0.2, -0.15) is 0 Å². The summed E-state index contributed by atoms with van der Waals surface area (Å²) in [6.07, 6.45) is 0. The molecule has 0 radical (unpaired) electrons. The third-order valence-electron chi connectivity index (χ3n) is 4.69. The highest BCUT2D eigenvalue weighted by Crippen LogP contribution is 2.37. The van der Waals surface area contributed by atoms with Crippen LogP contribution in [0.4, 0.5) is 4.39 Å². The van der Waals surface area contributed by atoms with Crippen molar-refractivity contribution < 1.29 is 18.7 Å². The number of methoxy groups -OCH3 is 1. The fraction of sp³-hybridized carbons (Fsp3) is 0.130. The Labute approximate surface area is 198 Å². The van der Waals surface area contributed by atoms with E-state index in [1.165, 1.54) is 36.6 Å². The lowest BCUT2D eigenvalue weighted by atomic mass is 9.96. The molecule has 1 amide bonds. The minimum atomic E-state index is -0.701. The number of pyridine rings is 1. The van der Waals surface area contributed by atoms with E-state index in [9.17, 15) is 9.18 Å². The Hall–Kier alpha value is -3.56. The average molecular weight is 485 g/mol. The maximum Gasteiger partial charge on any atom is 0.251 e. The van der Waals surface area contributed by atoms with Gasteiger partial charge in [0.1, 0.15) is 29.6 Å². The minimum absolute atomic E-state index is 0.145. The molecule has 0 bridgehead atoms. The van der Waals surface area contributed by atoms with Gasteiger partial charge in [-0.1, -0.05) is 22.9 Å². The van der Waals surface area contributed by atoms with Gasteiger partial charge in [-0.3, -0.25) is 4.79 Å². The van der Waals surface area contributed by atoms with Crippen molar-refractivity contribution in [2.45, 2.75) is 13.5 Å². The summed E-state index contributed by atoms with van der Waals surface area (Å²) < 4.78 is 24.8. The molecule has 7 nitrogen and oxygen atoms in total. The van der Waals surface area contributed by atoms with Crippen LogP contribution in [0, 0.1) is 12.7 Å². The zero-order valence-electron chi connectivity index (χ0n) is 17.6. The quantitative estimate of drug-likeness (QED) is 0.393. The van der Waals surface area contributed by atoms with Crippen molar-refractivity contribution in [1.82, 2.24) is 15.2 Å². The van der Waals surface area contributed by atoms with Gasteiger partial charge >= 0.3 is 0 Å². The molecule has 0 saturated carbocycles. The smallest absolute Gasteiger partial charge is 0.251 e. The standard InChI is InChI=1S/C23H18ClFN4O3S/c1-12-9-17(16-8-5-14(25)10-18(16)31-2)20(22(26)30)21(27-12)23-29-28-19(33-23)11-32-15-6-3-13(24)4-7-15/h3-10H,11H2,1-2H3,(H2,26,30). The molecule has 0 fully saturated rings. The van der Waals surface area contributed by atoms with E-state index in [0.29, 0.717) is 43.3 Å². The summed E-state index contributed by atoms with van der Waals surface area (Å²) in [7, 11) is 1.43. The molecule has 2 N–H and O–H groups in total. The van der Waals surface area contributed by atoms with Crippen LogP contribution in [0.5, 0.6) is 11.5 Å². The Morgan fingerprint density at radius 2 is 1.88 bits per heavy atom. The molecule has 0 unspecified atom stereocenters. The van der Waals surface area contributed by atoms with Crippen LogP contribution in [-0.4, -0.2) is 28.2 Å². The lowest BCUT2D eigenvalue weighted by molar-refractivity contribution is 0.100. The van der Waals surface area contributed by atoms with Crippen LogP contribution in [0.2, 0.25) is 5.02 Å². The summed E-state index contributed by atoms with van der Waals surface area (Å²) in [5.74, 6) is -0.263. The summed E-state index contributed by atoms with van der Waals surface area (Å²) in [5.41, 5.74) is 7.77. The average Bonchev–Trinajstić information content (AvgIpc) is 3.27. The molecule has 0 aliphatic rings. The third-order valence-corrected chi connectivity index (χ3v) is 5.85. The van der Waals surface area contributed by atoms with Crippen molar-refractivity contribution in [1.29, 1.82) is 0 Å². The second-order valence-corrected chi connectivity index (χ2v) is 8.49. The number of hydrogen-bond acceptors (Lipinski definition) is 7. The topological polar surface area (TPSA) is 100 Å². The number of carbonyl (C=O) groups excluding carboxylic acids is 1. The highest BCUT2D eigenvalue weighted by molar-refractivity contribution is 7.14. The lowest BCUT2D eigenvalue weighted by Gasteiger charge is -2.14. The van der Waals surface area contributed by atoms with Crippen molar-refractivity contribution >= 4 is 28.8 Å². The molecular formula is C23H18ClFN4O3S. The number of nitrogens with two attached hydrogens (primary N) is 1. The van der Waals surface area contributed by atoms with Crippen LogP contribution < -0.4 is 15.2 Å². The molecule has 0 atom stereocenters. The normalized spacial score (nSPS) is 10.8. The number of amides is 1. The van der Waals surface area contributed by atoms with Gasteiger partial charge in [0.2, 0.25) is 0 Å². The number of aryl methyl sites for hydroxylation is 1. The van der Waals surface area contributed by atoms with Crippen molar-refractivity contribution in [3.8, 4) is 33.3 Å². The molecular weight excluding hydrogens is 467 g/mol. The van der Waals surface area contributed by atoms with Crippen LogP contribution in [-0.2, 0) is 6.61 Å². The summed E-state index contributed by atoms with van der Waals surface area (Å²) in [5, 5.41) is 9.95. The predicted molar refractivity (Wildman–Crippen MR) is 124 cm³/mol. The number of ether oxygens (including phenoxy) is 2. The van der Waals surface area contributed by atoms with Gasteiger partial charge in [0.25, 0.3) is 5.91 Å². The van der Waals surface area contributed by atoms with E-state index in [1.807, 2.05) is 0 Å². The Bertz CT molecular complexity index is 1330. The Morgan fingerprint density at radius 3 is 2.58 bits per heavy atom. The molecule has 2 heterocycles. The molecule has 2 aromatic carbocycles. The van der Waals surface area contributed by atoms with E-state index >= 15 is 0 Å². The fourth-order valence-electron chi connectivity index (χ4n) is 3.26. The fourth-order valence-corrected chi connectivity index (χ4v) is 4.14. The highest BCUT2D eigenvalue weighted by Gasteiger charge is 2.24. The maximum absolute atomic E-state index is 13.7. The molecule has 0 aliphatic heterocycles. The van der Waals surface area contributed by atoms with Crippen LogP contribution in [0.1, 0.15) is 21.1 Å². The Balaban J connectivity index is 1.73. The first-order chi connectivity index (χ1) is 15.9. The highest BCUT2D eigenvalue weighted by atomic mass is 35.5. The van der Waals surface area contributed by atoms with Gasteiger partial charge in [-0.25, -0.2) is 9.37 Å². The summed E-state index contributed by atoms with van der Waals surface area (Å²) in [6, 6.07) is 12.7. The first-order valence-electron chi connectivity index (χ1n) is 9.72. The number of rotatable bonds is 7. The van der Waals surface area contributed by atoms with E-state index in [-0.39, 0.29) is 17.9 Å². The Kier molecular flexibility index (Phi) is 6.52. The second-order valence-electron chi connectivity index (χ2n) is 6.99. The summed E-state index contributed by atoms with van der Waals surface area (Å²) in [4.78, 5) is 17.0. The van der Waals surface area contributed by atoms with Gasteiger partial charge in [-0.05, 0) is 49.4 Å². The third kappa shape index (κ3) is 4.94. The van der Waals surface area contributed by atoms with Gasteiger partial charge in [0.05, 0.1) is 12.7 Å². The number of hydrogen-bond donors (Lipinski definition) is 1. The molecule has 0 spiro atoms. The predicted octanol–water partition coefficient (Wildman–Crippen LogP) is 5.05. The van der Waals surface area contributed by atoms with Gasteiger partial charge in [0.15, 0.2) is 10.0 Å². The number of halogens is 2. The molecule has 0 aliphatic carbocycles. The molecule has 0 saturated heterocycles. The van der Waals surface area contributed by atoms with Crippen LogP contribution in [0.3, 0.4) is 0 Å². The molecule has 33 heavy (non-hydrogen) atoms. The number of nitrogens with zero attached hydrogens (tertiary/aromatic N) is 3. The van der Waals surface area contributed by atoms with Crippen molar-refractivity contribution in [3.05, 3.63) is 75.6 Å². The monoisotopic (exact) mass is 484 g/mol. The molecule has 168 valence electrons. The molecule has 2 aromatic heterocycles. The SMILES string of the molecule is COc1cc(F)ccc1-c1cc(C)nc(-c2nnc(COc3ccc(Cl)cc3)s2)c1C(N)=O. The van der Waals surface area contributed by atoms with Gasteiger partial charge in [0, 0.05) is 27.9 Å². The van der Waals surface area contributed by atoms with Gasteiger partial charge < -0.3 is 15.2 Å². The number of benzene rings is 2. The van der Waals surface area contributed by atoms with E-state index in [4.69, 9.17) is 26.8 Å². The zero-order chi connectivity index (χ0) is 23.5. The summed E-state index contributed by atoms with van der Waals surface area (Å²) in [6.45, 7) is 1.95. The van der Waals surface area contributed by atoms with Crippen LogP contribution >= 0.6 is 22.9 Å². The number of aromatic nitrogens is 3. The maximum atomic E-state index is 13.7. The number of carbonyl (C=O) groups is 1. The van der Waals surface area contributed by atoms with Crippen molar-refractivity contribution in [2.75, 3.05) is 7.11 Å². The first-order valence-corrected chi connectivity index (χ1v) is 10.9. The first kappa shape index (κ1) is 22.6. The second kappa shape index (κ2) is 9.51. The van der Waals surface area contributed by atoms with Gasteiger partial charge in [-0.15, -0.1) is 10.2 Å². The van der Waals surface area contributed by atoms with E-state index in [2.05, 4.69) is 15.2 Å². The van der Waals surface area contributed by atoms with Crippen molar-refractivity contribution in [2.24, 2.45) is 5.73 Å². The zero-order valence-corrected chi connectivity index (χ0v) is 19.2. The van der Waals surface area contributed by atoms with E-state index in [1.54, 1.807) is 37.3 Å². The van der Waals surface area contributed by atoms with Crippen LogP contribution in [0.15, 0.2) is 48.5 Å². The van der Waals surface area contributed by atoms with Crippen LogP contribution in [0.25, 0.3) is 21.8 Å². The summed E-state index contributed by atoms with van der Waals surface area (Å²) >= 11 is 7.12. The number of primary amides is 1. The van der Waals surface area contributed by atoms with E-state index < -0.39 is 11.7 Å². The Morgan fingerprint density at radius 1 is 1.12 bits per heavy atom. The molecule has 4 aromatic rings. The largest absolute Gasteiger partial charge is 0.496 e. The van der Waals surface area contributed by atoms with E-state index in [0.717, 1.165) is 0 Å². The lowest BCUT2D eigenvalue weighted by Crippen LogP contribution is -2.15. The molecule has 4 rings (SSSR count).